The predicted octanol–water partition coefficient (Wildman–Crippen LogP) is 15.9. The number of rotatable bonds is 9. The van der Waals surface area contributed by atoms with Crippen molar-refractivity contribution < 1.29 is 0 Å². The summed E-state index contributed by atoms with van der Waals surface area (Å²) in [4.78, 5) is 4.69. The van der Waals surface area contributed by atoms with Gasteiger partial charge in [-0.3, -0.25) is 0 Å². The number of hydrogen-bond acceptors (Lipinski definition) is 2. The van der Waals surface area contributed by atoms with Crippen molar-refractivity contribution in [3.8, 4) is 33.4 Å². The Labute approximate surface area is 340 Å². The Morgan fingerprint density at radius 3 is 0.741 bits per heavy atom. The molecule has 0 aromatic heterocycles. The summed E-state index contributed by atoms with van der Waals surface area (Å²) in [6.45, 7) is 0. The third-order valence-corrected chi connectivity index (χ3v) is 11.0. The van der Waals surface area contributed by atoms with Crippen molar-refractivity contribution in [1.82, 2.24) is 0 Å². The average molecular weight is 741 g/mol. The third kappa shape index (κ3) is 7.00. The Bertz CT molecular complexity index is 2790. The van der Waals surface area contributed by atoms with Crippen LogP contribution >= 0.6 is 0 Å². The molecule has 0 aliphatic heterocycles. The molecule has 2 heteroatoms. The molecule has 0 saturated heterocycles. The fraction of sp³-hybridized carbons (Fsp3) is 0. The molecule has 0 unspecified atom stereocenters. The first-order valence-corrected chi connectivity index (χ1v) is 19.8. The Balaban J connectivity index is 0.984. The molecule has 274 valence electrons. The first kappa shape index (κ1) is 34.8. The molecule has 0 fully saturated rings. The van der Waals surface area contributed by atoms with Crippen molar-refractivity contribution >= 4 is 55.7 Å². The van der Waals surface area contributed by atoms with Crippen LogP contribution in [0.5, 0.6) is 0 Å². The number of fused-ring (bicyclic) bond motifs is 2. The van der Waals surface area contributed by atoms with E-state index in [4.69, 9.17) is 0 Å². The number of benzene rings is 10. The van der Waals surface area contributed by atoms with E-state index in [-0.39, 0.29) is 0 Å². The van der Waals surface area contributed by atoms with Crippen LogP contribution in [0.1, 0.15) is 0 Å². The summed E-state index contributed by atoms with van der Waals surface area (Å²) in [5.41, 5.74) is 13.8. The van der Waals surface area contributed by atoms with E-state index in [0.29, 0.717) is 0 Å². The second-order valence-corrected chi connectivity index (χ2v) is 14.7. The molecule has 0 aliphatic carbocycles. The summed E-state index contributed by atoms with van der Waals surface area (Å²) < 4.78 is 0. The minimum Gasteiger partial charge on any atom is -0.311 e. The predicted molar refractivity (Wildman–Crippen MR) is 247 cm³/mol. The van der Waals surface area contributed by atoms with E-state index in [1.54, 1.807) is 0 Å². The highest BCUT2D eigenvalue weighted by molar-refractivity contribution is 5.93. The van der Waals surface area contributed by atoms with Crippen LogP contribution in [-0.2, 0) is 0 Å². The molecule has 58 heavy (non-hydrogen) atoms. The van der Waals surface area contributed by atoms with Crippen LogP contribution in [0.25, 0.3) is 54.9 Å². The fourth-order valence-corrected chi connectivity index (χ4v) is 8.00. The molecule has 0 amide bonds. The van der Waals surface area contributed by atoms with E-state index < -0.39 is 0 Å². The topological polar surface area (TPSA) is 6.48 Å². The van der Waals surface area contributed by atoms with Gasteiger partial charge in [0.15, 0.2) is 0 Å². The minimum absolute atomic E-state index is 1.10. The normalized spacial score (nSPS) is 11.1. The van der Waals surface area contributed by atoms with Crippen LogP contribution in [0.15, 0.2) is 243 Å². The quantitative estimate of drug-likeness (QED) is 0.145. The molecule has 10 rings (SSSR count). The van der Waals surface area contributed by atoms with Crippen molar-refractivity contribution in [2.75, 3.05) is 9.80 Å². The summed E-state index contributed by atoms with van der Waals surface area (Å²) in [5.74, 6) is 0. The Morgan fingerprint density at radius 2 is 0.414 bits per heavy atom. The van der Waals surface area contributed by atoms with Gasteiger partial charge in [-0.1, -0.05) is 170 Å². The lowest BCUT2D eigenvalue weighted by atomic mass is 10.0. The molecule has 2 nitrogen and oxygen atoms in total. The summed E-state index contributed by atoms with van der Waals surface area (Å²) in [7, 11) is 0. The van der Waals surface area contributed by atoms with Crippen molar-refractivity contribution in [2.45, 2.75) is 0 Å². The molecule has 0 aliphatic rings. The zero-order valence-electron chi connectivity index (χ0n) is 32.0. The first-order chi connectivity index (χ1) is 28.7. The smallest absolute Gasteiger partial charge is 0.0468 e. The van der Waals surface area contributed by atoms with Crippen LogP contribution in [0.3, 0.4) is 0 Å². The molecular weight excluding hydrogens is 701 g/mol. The van der Waals surface area contributed by atoms with Crippen LogP contribution in [0, 0.1) is 0 Å². The lowest BCUT2D eigenvalue weighted by Crippen LogP contribution is -2.10. The Morgan fingerprint density at radius 1 is 0.172 bits per heavy atom. The lowest BCUT2D eigenvalue weighted by Gasteiger charge is -2.27. The van der Waals surface area contributed by atoms with Crippen LogP contribution < -0.4 is 9.80 Å². The van der Waals surface area contributed by atoms with Gasteiger partial charge in [-0.2, -0.15) is 0 Å². The van der Waals surface area contributed by atoms with Gasteiger partial charge in [0.05, 0.1) is 0 Å². The molecule has 0 radical (unpaired) electrons. The number of anilines is 6. The second kappa shape index (κ2) is 15.5. The highest BCUT2D eigenvalue weighted by Gasteiger charge is 2.16. The zero-order chi connectivity index (χ0) is 38.7. The summed E-state index contributed by atoms with van der Waals surface area (Å²) in [6.07, 6.45) is 0. The fourth-order valence-electron chi connectivity index (χ4n) is 8.00. The summed E-state index contributed by atoms with van der Waals surface area (Å²) in [6, 6.07) is 87.3. The van der Waals surface area contributed by atoms with Crippen LogP contribution in [0.2, 0.25) is 0 Å². The van der Waals surface area contributed by atoms with Gasteiger partial charge >= 0.3 is 0 Å². The molecule has 0 heterocycles. The van der Waals surface area contributed by atoms with Crippen LogP contribution in [0.4, 0.5) is 34.1 Å². The molecule has 10 aromatic carbocycles. The maximum absolute atomic E-state index is 2.36. The highest BCUT2D eigenvalue weighted by atomic mass is 15.1. The largest absolute Gasteiger partial charge is 0.311 e. The molecule has 0 N–H and O–H groups in total. The Kier molecular flexibility index (Phi) is 9.27. The zero-order valence-corrected chi connectivity index (χ0v) is 32.0. The van der Waals surface area contributed by atoms with Crippen molar-refractivity contribution in [3.05, 3.63) is 243 Å². The van der Waals surface area contributed by atoms with E-state index in [2.05, 4.69) is 252 Å². The van der Waals surface area contributed by atoms with Gasteiger partial charge in [-0.05, 0) is 128 Å². The molecular formula is C56H40N2. The van der Waals surface area contributed by atoms with Gasteiger partial charge in [0.2, 0.25) is 0 Å². The standard InChI is InChI=1S/C56H40N2/c1-3-11-41(12-4-1)45-19-29-51(30-20-45)57(52-31-21-46(22-32-52)42-13-5-2-6-14-42)53-33-23-47(24-34-53)48-25-35-54(36-26-48)58(55-37-27-43-15-7-9-17-49(43)39-55)56-38-28-44-16-8-10-18-50(44)40-56/h1-40H. The van der Waals surface area contributed by atoms with Crippen molar-refractivity contribution in [2.24, 2.45) is 0 Å². The molecule has 0 atom stereocenters. The number of nitrogens with zero attached hydrogens (tertiary/aromatic N) is 2. The van der Waals surface area contributed by atoms with Gasteiger partial charge < -0.3 is 9.80 Å². The SMILES string of the molecule is c1ccc(-c2ccc(N(c3ccc(-c4ccccc4)cc3)c3ccc(-c4ccc(N(c5ccc6ccccc6c5)c5ccc6ccccc6c5)cc4)cc3)cc2)cc1. The van der Waals surface area contributed by atoms with Gasteiger partial charge in [-0.15, -0.1) is 0 Å². The average Bonchev–Trinajstić information content (AvgIpc) is 3.31. The van der Waals surface area contributed by atoms with Gasteiger partial charge in [0.1, 0.15) is 0 Å². The van der Waals surface area contributed by atoms with Crippen LogP contribution in [-0.4, -0.2) is 0 Å². The molecule has 0 spiro atoms. The maximum Gasteiger partial charge on any atom is 0.0468 e. The summed E-state index contributed by atoms with van der Waals surface area (Å²) in [5, 5.41) is 4.90. The highest BCUT2D eigenvalue weighted by Crippen LogP contribution is 2.40. The minimum atomic E-state index is 1.10. The monoisotopic (exact) mass is 740 g/mol. The summed E-state index contributed by atoms with van der Waals surface area (Å²) >= 11 is 0. The first-order valence-electron chi connectivity index (χ1n) is 19.8. The van der Waals surface area contributed by atoms with E-state index in [9.17, 15) is 0 Å². The maximum atomic E-state index is 2.36. The van der Waals surface area contributed by atoms with E-state index in [1.807, 2.05) is 0 Å². The molecule has 10 aromatic rings. The van der Waals surface area contributed by atoms with E-state index in [0.717, 1.165) is 39.7 Å². The van der Waals surface area contributed by atoms with Crippen molar-refractivity contribution in [1.29, 1.82) is 0 Å². The van der Waals surface area contributed by atoms with Crippen molar-refractivity contribution in [3.63, 3.8) is 0 Å². The van der Waals surface area contributed by atoms with E-state index >= 15 is 0 Å². The molecule has 0 saturated carbocycles. The van der Waals surface area contributed by atoms with Gasteiger partial charge in [-0.25, -0.2) is 0 Å². The third-order valence-electron chi connectivity index (χ3n) is 11.0. The van der Waals surface area contributed by atoms with E-state index in [1.165, 1.54) is 49.4 Å². The van der Waals surface area contributed by atoms with Gasteiger partial charge in [0.25, 0.3) is 0 Å². The lowest BCUT2D eigenvalue weighted by molar-refractivity contribution is 1.28. The second-order valence-electron chi connectivity index (χ2n) is 14.7. The molecule has 0 bridgehead atoms. The van der Waals surface area contributed by atoms with Gasteiger partial charge in [0, 0.05) is 34.1 Å². The number of hydrogen-bond donors (Lipinski definition) is 0. The Hall–Kier alpha value is -7.68.